The van der Waals surface area contributed by atoms with E-state index in [-0.39, 0.29) is 18.4 Å². The Morgan fingerprint density at radius 2 is 1.96 bits per heavy atom. The first-order chi connectivity index (χ1) is 13.3. The number of hydrogen-bond donors (Lipinski definition) is 1. The quantitative estimate of drug-likeness (QED) is 0.684. The summed E-state index contributed by atoms with van der Waals surface area (Å²) in [6.45, 7) is 8.69. The van der Waals surface area contributed by atoms with Crippen molar-refractivity contribution < 1.29 is 18.8 Å². The van der Waals surface area contributed by atoms with Crippen LogP contribution in [0, 0.1) is 13.8 Å². The molecule has 28 heavy (non-hydrogen) atoms. The highest BCUT2D eigenvalue weighted by molar-refractivity contribution is 6.32. The van der Waals surface area contributed by atoms with Crippen LogP contribution in [-0.4, -0.2) is 41.6 Å². The highest BCUT2D eigenvalue weighted by atomic mass is 35.5. The van der Waals surface area contributed by atoms with Crippen LogP contribution in [-0.2, 0) is 16.0 Å². The van der Waals surface area contributed by atoms with E-state index in [1.807, 2.05) is 27.7 Å². The lowest BCUT2D eigenvalue weighted by Crippen LogP contribution is -2.34. The average Bonchev–Trinajstić information content (AvgIpc) is 2.98. The fourth-order valence-electron chi connectivity index (χ4n) is 2.82. The SMILES string of the molecule is CCN(CC)C(=O)COc1ccc(NC(=O)CCc2c(C)noc2C)cc1Cl. The molecule has 0 radical (unpaired) electrons. The third-order valence-corrected chi connectivity index (χ3v) is 4.76. The molecule has 152 valence electrons. The van der Waals surface area contributed by atoms with E-state index >= 15 is 0 Å². The van der Waals surface area contributed by atoms with Crippen LogP contribution in [0.25, 0.3) is 0 Å². The summed E-state index contributed by atoms with van der Waals surface area (Å²) in [4.78, 5) is 25.9. The molecule has 1 aromatic heterocycles. The maximum Gasteiger partial charge on any atom is 0.260 e. The first-order valence-electron chi connectivity index (χ1n) is 9.27. The van der Waals surface area contributed by atoms with Crippen molar-refractivity contribution in [3.63, 3.8) is 0 Å². The van der Waals surface area contributed by atoms with Gasteiger partial charge in [0, 0.05) is 30.8 Å². The van der Waals surface area contributed by atoms with Gasteiger partial charge in [-0.1, -0.05) is 16.8 Å². The number of aryl methyl sites for hydroxylation is 2. The predicted molar refractivity (Wildman–Crippen MR) is 108 cm³/mol. The number of likely N-dealkylation sites (N-methyl/N-ethyl adjacent to an activating group) is 1. The Bertz CT molecular complexity index is 811. The summed E-state index contributed by atoms with van der Waals surface area (Å²) in [6, 6.07) is 4.94. The van der Waals surface area contributed by atoms with Gasteiger partial charge in [0.2, 0.25) is 5.91 Å². The molecule has 1 heterocycles. The number of ether oxygens (including phenoxy) is 1. The van der Waals surface area contributed by atoms with Crippen molar-refractivity contribution in [2.24, 2.45) is 0 Å². The van der Waals surface area contributed by atoms with Gasteiger partial charge in [0.25, 0.3) is 5.91 Å². The summed E-state index contributed by atoms with van der Waals surface area (Å²) in [6.07, 6.45) is 0.854. The highest BCUT2D eigenvalue weighted by Crippen LogP contribution is 2.28. The summed E-state index contributed by atoms with van der Waals surface area (Å²) < 4.78 is 10.6. The van der Waals surface area contributed by atoms with Crippen molar-refractivity contribution in [3.8, 4) is 5.75 Å². The Morgan fingerprint density at radius 3 is 2.54 bits per heavy atom. The lowest BCUT2D eigenvalue weighted by Gasteiger charge is -2.19. The number of nitrogens with one attached hydrogen (secondary N) is 1. The van der Waals surface area contributed by atoms with Gasteiger partial charge in [0.1, 0.15) is 11.5 Å². The molecule has 0 saturated heterocycles. The summed E-state index contributed by atoms with van der Waals surface area (Å²) >= 11 is 6.22. The molecule has 0 spiro atoms. The molecule has 0 atom stereocenters. The van der Waals surface area contributed by atoms with Crippen LogP contribution in [0.3, 0.4) is 0 Å². The molecule has 2 aromatic rings. The average molecular weight is 408 g/mol. The third kappa shape index (κ3) is 5.73. The lowest BCUT2D eigenvalue weighted by molar-refractivity contribution is -0.133. The van der Waals surface area contributed by atoms with Gasteiger partial charge in [0.05, 0.1) is 10.7 Å². The molecule has 0 bridgehead atoms. The molecule has 0 fully saturated rings. The fourth-order valence-corrected chi connectivity index (χ4v) is 3.06. The number of carbonyl (C=O) groups excluding carboxylic acids is 2. The third-order valence-electron chi connectivity index (χ3n) is 4.47. The molecule has 1 N–H and O–H groups in total. The van der Waals surface area contributed by atoms with Crippen LogP contribution in [0.4, 0.5) is 5.69 Å². The Balaban J connectivity index is 1.89. The summed E-state index contributed by atoms with van der Waals surface area (Å²) in [5.74, 6) is 0.893. The van der Waals surface area contributed by atoms with Gasteiger partial charge in [-0.15, -0.1) is 0 Å². The number of carbonyl (C=O) groups is 2. The monoisotopic (exact) mass is 407 g/mol. The number of halogens is 1. The van der Waals surface area contributed by atoms with Crippen molar-refractivity contribution in [1.29, 1.82) is 0 Å². The van der Waals surface area contributed by atoms with E-state index in [0.717, 1.165) is 17.0 Å². The first kappa shape index (κ1) is 21.8. The van der Waals surface area contributed by atoms with Crippen LogP contribution in [0.2, 0.25) is 5.02 Å². The summed E-state index contributed by atoms with van der Waals surface area (Å²) in [7, 11) is 0. The summed E-state index contributed by atoms with van der Waals surface area (Å²) in [5, 5.41) is 7.02. The largest absolute Gasteiger partial charge is 0.482 e. The molecular weight excluding hydrogens is 382 g/mol. The molecule has 2 rings (SSSR count). The Labute approximate surface area is 170 Å². The van der Waals surface area contributed by atoms with Crippen LogP contribution < -0.4 is 10.1 Å². The van der Waals surface area contributed by atoms with Gasteiger partial charge in [0.15, 0.2) is 6.61 Å². The van der Waals surface area contributed by atoms with E-state index in [2.05, 4.69) is 10.5 Å². The second kappa shape index (κ2) is 10.1. The van der Waals surface area contributed by atoms with E-state index < -0.39 is 0 Å². The minimum atomic E-state index is -0.138. The standard InChI is InChI=1S/C20H26ClN3O4/c1-5-24(6-2)20(26)12-27-18-9-7-15(11-17(18)21)22-19(25)10-8-16-13(3)23-28-14(16)4/h7,9,11H,5-6,8,10,12H2,1-4H3,(H,22,25). The predicted octanol–water partition coefficient (Wildman–Crippen LogP) is 3.76. The zero-order valence-electron chi connectivity index (χ0n) is 16.7. The van der Waals surface area contributed by atoms with Crippen molar-refractivity contribution in [2.75, 3.05) is 25.0 Å². The second-order valence-corrected chi connectivity index (χ2v) is 6.76. The number of amides is 2. The molecular formula is C20H26ClN3O4. The number of rotatable bonds is 9. The highest BCUT2D eigenvalue weighted by Gasteiger charge is 2.14. The number of nitrogens with zero attached hydrogens (tertiary/aromatic N) is 2. The minimum Gasteiger partial charge on any atom is -0.482 e. The van der Waals surface area contributed by atoms with Crippen molar-refractivity contribution in [2.45, 2.75) is 40.5 Å². The zero-order chi connectivity index (χ0) is 20.7. The van der Waals surface area contributed by atoms with E-state index in [4.69, 9.17) is 20.9 Å². The van der Waals surface area contributed by atoms with Gasteiger partial charge >= 0.3 is 0 Å². The van der Waals surface area contributed by atoms with Crippen LogP contribution in [0.15, 0.2) is 22.7 Å². The molecule has 7 nitrogen and oxygen atoms in total. The Hall–Kier alpha value is -2.54. The van der Waals surface area contributed by atoms with E-state index in [0.29, 0.717) is 42.4 Å². The molecule has 0 aliphatic carbocycles. The van der Waals surface area contributed by atoms with Crippen LogP contribution in [0.5, 0.6) is 5.75 Å². The summed E-state index contributed by atoms with van der Waals surface area (Å²) in [5.41, 5.74) is 2.32. The lowest BCUT2D eigenvalue weighted by atomic mass is 10.1. The topological polar surface area (TPSA) is 84.7 Å². The normalized spacial score (nSPS) is 10.6. The molecule has 0 unspecified atom stereocenters. The van der Waals surface area contributed by atoms with Gasteiger partial charge < -0.3 is 19.5 Å². The van der Waals surface area contributed by atoms with Gasteiger partial charge in [-0.2, -0.15) is 0 Å². The van der Waals surface area contributed by atoms with Crippen molar-refractivity contribution in [1.82, 2.24) is 10.1 Å². The first-order valence-corrected chi connectivity index (χ1v) is 9.65. The smallest absolute Gasteiger partial charge is 0.260 e. The van der Waals surface area contributed by atoms with E-state index in [9.17, 15) is 9.59 Å². The number of aromatic nitrogens is 1. The zero-order valence-corrected chi connectivity index (χ0v) is 17.4. The molecule has 1 aromatic carbocycles. The Morgan fingerprint density at radius 1 is 1.25 bits per heavy atom. The molecule has 0 aliphatic rings. The molecule has 8 heteroatoms. The van der Waals surface area contributed by atoms with E-state index in [1.54, 1.807) is 23.1 Å². The maximum absolute atomic E-state index is 12.2. The van der Waals surface area contributed by atoms with Crippen molar-refractivity contribution >= 4 is 29.1 Å². The fraction of sp³-hybridized carbons (Fsp3) is 0.450. The van der Waals surface area contributed by atoms with Gasteiger partial charge in [-0.3, -0.25) is 9.59 Å². The number of anilines is 1. The molecule has 2 amide bonds. The van der Waals surface area contributed by atoms with Crippen LogP contribution in [0.1, 0.15) is 37.3 Å². The Kier molecular flexibility index (Phi) is 7.87. The molecule has 0 saturated carbocycles. The van der Waals surface area contributed by atoms with E-state index in [1.165, 1.54) is 0 Å². The maximum atomic E-state index is 12.2. The molecule has 0 aliphatic heterocycles. The second-order valence-electron chi connectivity index (χ2n) is 6.35. The van der Waals surface area contributed by atoms with Crippen molar-refractivity contribution in [3.05, 3.63) is 40.2 Å². The van der Waals surface area contributed by atoms with Gasteiger partial charge in [-0.25, -0.2) is 0 Å². The number of benzene rings is 1. The minimum absolute atomic E-state index is 0.0788. The van der Waals surface area contributed by atoms with Gasteiger partial charge in [-0.05, 0) is 52.3 Å². The number of hydrogen-bond acceptors (Lipinski definition) is 5. The van der Waals surface area contributed by atoms with Crippen LogP contribution >= 0.6 is 11.6 Å².